The van der Waals surface area contributed by atoms with Crippen LogP contribution < -0.4 is 10.5 Å². The summed E-state index contributed by atoms with van der Waals surface area (Å²) in [5.74, 6) is 0. The second kappa shape index (κ2) is 7.06. The molecule has 0 saturated carbocycles. The number of hydrogen-bond donors (Lipinski definition) is 2. The Hall–Kier alpha value is -1.11. The molecule has 0 aromatic heterocycles. The largest absolute Gasteiger partial charge is 0.330 e. The minimum Gasteiger partial charge on any atom is -0.330 e. The van der Waals surface area contributed by atoms with Crippen molar-refractivity contribution in [2.45, 2.75) is 32.1 Å². The van der Waals surface area contributed by atoms with Crippen molar-refractivity contribution >= 4 is 15.9 Å². The first-order chi connectivity index (χ1) is 9.62. The second-order valence-corrected chi connectivity index (χ2v) is 6.83. The molecule has 3 N–H and O–H groups in total. The van der Waals surface area contributed by atoms with Crippen molar-refractivity contribution in [2.24, 2.45) is 5.73 Å². The van der Waals surface area contributed by atoms with Crippen molar-refractivity contribution in [3.05, 3.63) is 29.8 Å². The summed E-state index contributed by atoms with van der Waals surface area (Å²) in [7, 11) is -3.42. The highest BCUT2D eigenvalue weighted by molar-refractivity contribution is 7.90. The number of benzene rings is 1. The third kappa shape index (κ3) is 4.19. The number of nitrogens with one attached hydrogen (secondary N) is 1. The molecule has 1 saturated heterocycles. The first-order valence-corrected chi connectivity index (χ1v) is 8.63. The van der Waals surface area contributed by atoms with Crippen LogP contribution in [0.5, 0.6) is 0 Å². The Morgan fingerprint density at radius 3 is 2.65 bits per heavy atom. The zero-order valence-electron chi connectivity index (χ0n) is 11.7. The summed E-state index contributed by atoms with van der Waals surface area (Å²) >= 11 is 0. The van der Waals surface area contributed by atoms with Crippen molar-refractivity contribution in [3.63, 3.8) is 0 Å². The molecule has 1 aliphatic rings. The van der Waals surface area contributed by atoms with Gasteiger partial charge in [-0.15, -0.1) is 0 Å². The number of rotatable bonds is 6. The fraction of sp³-hybridized carbons (Fsp3) is 0.571. The number of piperidine rings is 1. The van der Waals surface area contributed by atoms with E-state index in [1.54, 1.807) is 6.07 Å². The smallest absolute Gasteiger partial charge is 0.301 e. The first kappa shape index (κ1) is 15.3. The number of nitrogens with two attached hydrogens (primary N) is 1. The van der Waals surface area contributed by atoms with Gasteiger partial charge in [0.2, 0.25) is 0 Å². The van der Waals surface area contributed by atoms with Crippen LogP contribution in [0.25, 0.3) is 0 Å². The molecule has 0 radical (unpaired) electrons. The highest BCUT2D eigenvalue weighted by Crippen LogP contribution is 2.18. The van der Waals surface area contributed by atoms with Gasteiger partial charge in [-0.05, 0) is 49.9 Å². The standard InChI is InChI=1S/C14H23N3O2S/c15-9-5-7-13-6-4-8-14(12-13)16-20(18,19)17-10-2-1-3-11-17/h4,6,8,12,16H,1-3,5,7,9-11,15H2. The van der Waals surface area contributed by atoms with Gasteiger partial charge < -0.3 is 5.73 Å². The van der Waals surface area contributed by atoms with Crippen molar-refractivity contribution in [2.75, 3.05) is 24.4 Å². The van der Waals surface area contributed by atoms with E-state index in [1.807, 2.05) is 18.2 Å². The number of nitrogens with zero attached hydrogens (tertiary/aromatic N) is 1. The third-order valence-electron chi connectivity index (χ3n) is 3.50. The zero-order chi connectivity index (χ0) is 14.4. The van der Waals surface area contributed by atoms with Gasteiger partial charge >= 0.3 is 10.2 Å². The van der Waals surface area contributed by atoms with Gasteiger partial charge in [-0.2, -0.15) is 12.7 Å². The lowest BCUT2D eigenvalue weighted by Crippen LogP contribution is -2.39. The minimum absolute atomic E-state index is 0.613. The summed E-state index contributed by atoms with van der Waals surface area (Å²) in [5.41, 5.74) is 7.23. The fourth-order valence-corrected chi connectivity index (χ4v) is 3.71. The predicted molar refractivity (Wildman–Crippen MR) is 81.8 cm³/mol. The SMILES string of the molecule is NCCCc1cccc(NS(=O)(=O)N2CCCCC2)c1. The molecule has 1 fully saturated rings. The molecule has 0 bridgehead atoms. The van der Waals surface area contributed by atoms with Gasteiger partial charge in [0.25, 0.3) is 0 Å². The van der Waals surface area contributed by atoms with Gasteiger partial charge in [0.1, 0.15) is 0 Å². The van der Waals surface area contributed by atoms with Crippen molar-refractivity contribution in [1.29, 1.82) is 0 Å². The quantitative estimate of drug-likeness (QED) is 0.839. The van der Waals surface area contributed by atoms with Gasteiger partial charge in [0.15, 0.2) is 0 Å². The molecule has 1 aliphatic heterocycles. The predicted octanol–water partition coefficient (Wildman–Crippen LogP) is 1.72. The monoisotopic (exact) mass is 297 g/mol. The van der Waals surface area contributed by atoms with Crippen LogP contribution in [0.3, 0.4) is 0 Å². The summed E-state index contributed by atoms with van der Waals surface area (Å²) in [6, 6.07) is 7.54. The van der Waals surface area contributed by atoms with Crippen LogP contribution in [0.15, 0.2) is 24.3 Å². The van der Waals surface area contributed by atoms with E-state index in [-0.39, 0.29) is 0 Å². The zero-order valence-corrected chi connectivity index (χ0v) is 12.5. The summed E-state index contributed by atoms with van der Waals surface area (Å²) in [4.78, 5) is 0. The van der Waals surface area contributed by atoms with Crippen LogP contribution in [0.4, 0.5) is 5.69 Å². The molecule has 0 aliphatic carbocycles. The fourth-order valence-electron chi connectivity index (χ4n) is 2.42. The molecule has 1 aromatic rings. The Labute approximate surface area is 121 Å². The average molecular weight is 297 g/mol. The number of anilines is 1. The van der Waals surface area contributed by atoms with E-state index in [0.29, 0.717) is 25.3 Å². The van der Waals surface area contributed by atoms with Gasteiger partial charge in [0, 0.05) is 13.1 Å². The van der Waals surface area contributed by atoms with Crippen LogP contribution in [0.2, 0.25) is 0 Å². The maximum absolute atomic E-state index is 12.3. The Morgan fingerprint density at radius 1 is 1.20 bits per heavy atom. The molecular weight excluding hydrogens is 274 g/mol. The summed E-state index contributed by atoms with van der Waals surface area (Å²) in [6.07, 6.45) is 4.77. The molecule has 0 amide bonds. The van der Waals surface area contributed by atoms with Crippen molar-refractivity contribution in [3.8, 4) is 0 Å². The Kier molecular flexibility index (Phi) is 5.39. The van der Waals surface area contributed by atoms with E-state index < -0.39 is 10.2 Å². The molecule has 1 heterocycles. The van der Waals surface area contributed by atoms with Gasteiger partial charge in [-0.3, -0.25) is 4.72 Å². The summed E-state index contributed by atoms with van der Waals surface area (Å²) in [6.45, 7) is 1.87. The van der Waals surface area contributed by atoms with Gasteiger partial charge in [-0.1, -0.05) is 18.6 Å². The first-order valence-electron chi connectivity index (χ1n) is 7.19. The number of aryl methyl sites for hydroxylation is 1. The van der Waals surface area contributed by atoms with E-state index in [0.717, 1.165) is 37.7 Å². The van der Waals surface area contributed by atoms with Crippen LogP contribution in [-0.2, 0) is 16.6 Å². The van der Waals surface area contributed by atoms with Gasteiger partial charge in [-0.25, -0.2) is 0 Å². The van der Waals surface area contributed by atoms with E-state index >= 15 is 0 Å². The lowest BCUT2D eigenvalue weighted by atomic mass is 10.1. The molecule has 0 unspecified atom stereocenters. The number of hydrogen-bond acceptors (Lipinski definition) is 3. The molecule has 20 heavy (non-hydrogen) atoms. The van der Waals surface area contributed by atoms with Gasteiger partial charge in [0.05, 0.1) is 5.69 Å². The second-order valence-electron chi connectivity index (χ2n) is 5.16. The topological polar surface area (TPSA) is 75.4 Å². The Balaban J connectivity index is 2.04. The van der Waals surface area contributed by atoms with E-state index in [2.05, 4.69) is 4.72 Å². The highest BCUT2D eigenvalue weighted by atomic mass is 32.2. The maximum atomic E-state index is 12.3. The molecular formula is C14H23N3O2S. The lowest BCUT2D eigenvalue weighted by Gasteiger charge is -2.26. The van der Waals surface area contributed by atoms with Crippen LogP contribution in [-0.4, -0.2) is 32.4 Å². The summed E-state index contributed by atoms with van der Waals surface area (Å²) < 4.78 is 28.8. The highest BCUT2D eigenvalue weighted by Gasteiger charge is 2.23. The average Bonchev–Trinajstić information content (AvgIpc) is 2.46. The molecule has 112 valence electrons. The van der Waals surface area contributed by atoms with E-state index in [4.69, 9.17) is 5.73 Å². The normalized spacial score (nSPS) is 17.1. The third-order valence-corrected chi connectivity index (χ3v) is 5.04. The van der Waals surface area contributed by atoms with Crippen LogP contribution in [0, 0.1) is 0 Å². The van der Waals surface area contributed by atoms with Crippen molar-refractivity contribution < 1.29 is 8.42 Å². The molecule has 2 rings (SSSR count). The molecule has 0 spiro atoms. The van der Waals surface area contributed by atoms with Crippen LogP contribution in [0.1, 0.15) is 31.2 Å². The molecule has 1 aromatic carbocycles. The van der Waals surface area contributed by atoms with E-state index in [9.17, 15) is 8.42 Å². The molecule has 5 nitrogen and oxygen atoms in total. The Morgan fingerprint density at radius 2 is 1.95 bits per heavy atom. The minimum atomic E-state index is -3.42. The van der Waals surface area contributed by atoms with E-state index in [1.165, 1.54) is 4.31 Å². The lowest BCUT2D eigenvalue weighted by molar-refractivity contribution is 0.349. The maximum Gasteiger partial charge on any atom is 0.301 e. The van der Waals surface area contributed by atoms with Crippen LogP contribution >= 0.6 is 0 Å². The Bertz CT molecular complexity index is 525. The molecule has 0 atom stereocenters. The summed E-state index contributed by atoms with van der Waals surface area (Å²) in [5, 5.41) is 0. The molecule has 6 heteroatoms. The van der Waals surface area contributed by atoms with Crippen molar-refractivity contribution in [1.82, 2.24) is 4.31 Å².